The van der Waals surface area contributed by atoms with Gasteiger partial charge in [-0.2, -0.15) is 0 Å². The summed E-state index contributed by atoms with van der Waals surface area (Å²) in [6, 6.07) is 0. The predicted molar refractivity (Wildman–Crippen MR) is 81.6 cm³/mol. The first-order chi connectivity index (χ1) is 8.83. The molecule has 0 amide bonds. The van der Waals surface area contributed by atoms with Crippen molar-refractivity contribution < 1.29 is 0 Å². The Morgan fingerprint density at radius 2 is 1.61 bits per heavy atom. The summed E-state index contributed by atoms with van der Waals surface area (Å²) in [6.45, 7) is 13.1. The van der Waals surface area contributed by atoms with Gasteiger partial charge in [-0.25, -0.2) is 0 Å². The molecule has 1 aromatic heterocycles. The number of hydrogen-bond donors (Lipinski definition) is 3. The van der Waals surface area contributed by atoms with Crippen LogP contribution >= 0.6 is 0 Å². The van der Waals surface area contributed by atoms with Crippen molar-refractivity contribution in [2.24, 2.45) is 0 Å². The fourth-order valence-corrected chi connectivity index (χ4v) is 1.45. The molecule has 0 aliphatic heterocycles. The number of nitrogens with zero attached hydrogens (tertiary/aromatic N) is 1. The second-order valence-electron chi connectivity index (χ2n) is 3.59. The first kappa shape index (κ1) is 14.0. The molecule has 0 spiro atoms. The van der Waals surface area contributed by atoms with E-state index in [0.717, 1.165) is 17.2 Å². The minimum atomic E-state index is 0.667. The van der Waals surface area contributed by atoms with Crippen molar-refractivity contribution >= 4 is 24.2 Å². The van der Waals surface area contributed by atoms with Crippen molar-refractivity contribution in [3.05, 3.63) is 43.9 Å². The van der Waals surface area contributed by atoms with Gasteiger partial charge in [0.15, 0.2) is 0 Å². The Bertz CT molecular complexity index is 387. The van der Waals surface area contributed by atoms with E-state index in [1.807, 2.05) is 18.1 Å². The first-order valence-corrected chi connectivity index (χ1v) is 5.86. The summed E-state index contributed by atoms with van der Waals surface area (Å²) >= 11 is 0. The van der Waals surface area contributed by atoms with Gasteiger partial charge in [0.2, 0.25) is 0 Å². The molecule has 0 saturated carbocycles. The van der Waals surface area contributed by atoms with Crippen LogP contribution < -0.4 is 16.0 Å². The predicted octanol–water partition coefficient (Wildman–Crippen LogP) is 2.21. The SMILES string of the molecule is C=CCNc1cbnc(NCC=C)c1NCC=C. The normalized spacial score (nSPS) is 9.11. The van der Waals surface area contributed by atoms with Crippen molar-refractivity contribution in [2.75, 3.05) is 35.6 Å². The standard InChI is InChI=1S/C13H19BN4/c1-4-7-15-11-10-14-18-13(17-9-6-3)12(11)16-8-5-2/h4-6,10,15-16H,1-3,7-9H2,(H,17,18). The van der Waals surface area contributed by atoms with E-state index in [9.17, 15) is 0 Å². The molecule has 0 atom stereocenters. The van der Waals surface area contributed by atoms with E-state index < -0.39 is 0 Å². The number of hydrogen-bond acceptors (Lipinski definition) is 4. The molecule has 0 saturated heterocycles. The third kappa shape index (κ3) is 4.09. The molecule has 1 rings (SSSR count). The molecule has 0 aliphatic rings. The number of nitrogens with one attached hydrogen (secondary N) is 3. The van der Waals surface area contributed by atoms with E-state index in [4.69, 9.17) is 0 Å². The quantitative estimate of drug-likeness (QED) is 0.581. The summed E-state index contributed by atoms with van der Waals surface area (Å²) in [7, 11) is 1.76. The van der Waals surface area contributed by atoms with E-state index in [2.05, 4.69) is 40.6 Å². The fraction of sp³-hybridized carbons (Fsp3) is 0.231. The Morgan fingerprint density at radius 1 is 1.00 bits per heavy atom. The second-order valence-corrected chi connectivity index (χ2v) is 3.59. The van der Waals surface area contributed by atoms with Gasteiger partial charge in [0, 0.05) is 0 Å². The maximum absolute atomic E-state index is 4.32. The Balaban J connectivity index is 2.94. The molecule has 0 bridgehead atoms. The summed E-state index contributed by atoms with van der Waals surface area (Å²) in [4.78, 5) is 4.32. The van der Waals surface area contributed by atoms with E-state index in [1.165, 1.54) is 0 Å². The Hall–Kier alpha value is -2.04. The third-order valence-corrected chi connectivity index (χ3v) is 2.22. The van der Waals surface area contributed by atoms with E-state index in [0.29, 0.717) is 19.6 Å². The molecule has 0 unspecified atom stereocenters. The second kappa shape index (κ2) is 8.11. The van der Waals surface area contributed by atoms with Crippen LogP contribution in [0.3, 0.4) is 0 Å². The molecule has 4 nitrogen and oxygen atoms in total. The Kier molecular flexibility index (Phi) is 6.32. The molecule has 94 valence electrons. The molecular formula is C13H19BN4. The molecule has 0 fully saturated rings. The molecule has 18 heavy (non-hydrogen) atoms. The van der Waals surface area contributed by atoms with Gasteiger partial charge in [0.25, 0.3) is 0 Å². The molecule has 3 N–H and O–H groups in total. The summed E-state index contributed by atoms with van der Waals surface area (Å²) in [5.74, 6) is 2.72. The van der Waals surface area contributed by atoms with E-state index in [1.54, 1.807) is 13.1 Å². The molecule has 0 aromatic carbocycles. The number of rotatable bonds is 9. The third-order valence-electron chi connectivity index (χ3n) is 2.22. The van der Waals surface area contributed by atoms with Crippen LogP contribution in [0.4, 0.5) is 17.2 Å². The van der Waals surface area contributed by atoms with E-state index in [-0.39, 0.29) is 0 Å². The van der Waals surface area contributed by atoms with Gasteiger partial charge in [0.05, 0.1) is 0 Å². The molecule has 0 radical (unpaired) electrons. The number of anilines is 3. The van der Waals surface area contributed by atoms with Crippen LogP contribution in [0.2, 0.25) is 0 Å². The molecule has 1 heterocycles. The molecular weight excluding hydrogens is 223 g/mol. The van der Waals surface area contributed by atoms with Crippen LogP contribution in [-0.2, 0) is 0 Å². The molecule has 0 aliphatic carbocycles. The monoisotopic (exact) mass is 242 g/mol. The van der Waals surface area contributed by atoms with Crippen LogP contribution in [0.1, 0.15) is 0 Å². The summed E-state index contributed by atoms with van der Waals surface area (Å²) in [6.07, 6.45) is 5.42. The number of aromatic nitrogens is 1. The zero-order valence-electron chi connectivity index (χ0n) is 10.6. The van der Waals surface area contributed by atoms with Crippen molar-refractivity contribution in [1.82, 2.24) is 4.89 Å². The summed E-state index contributed by atoms with van der Waals surface area (Å²) in [5, 5.41) is 9.74. The zero-order chi connectivity index (χ0) is 13.2. The average Bonchev–Trinajstić information content (AvgIpc) is 2.41. The molecule has 1 aromatic rings. The van der Waals surface area contributed by atoms with Gasteiger partial charge < -0.3 is 0 Å². The van der Waals surface area contributed by atoms with Gasteiger partial charge in [-0.3, -0.25) is 0 Å². The maximum atomic E-state index is 4.32. The van der Waals surface area contributed by atoms with Gasteiger partial charge in [-0.15, -0.1) is 0 Å². The van der Waals surface area contributed by atoms with Crippen molar-refractivity contribution in [3.8, 4) is 0 Å². The van der Waals surface area contributed by atoms with Crippen LogP contribution in [0.25, 0.3) is 0 Å². The van der Waals surface area contributed by atoms with Crippen LogP contribution in [0.5, 0.6) is 0 Å². The molecule has 5 heteroatoms. The van der Waals surface area contributed by atoms with Crippen LogP contribution in [0.15, 0.2) is 43.9 Å². The van der Waals surface area contributed by atoms with Gasteiger partial charge in [-0.05, 0) is 0 Å². The van der Waals surface area contributed by atoms with Gasteiger partial charge >= 0.3 is 109 Å². The summed E-state index contributed by atoms with van der Waals surface area (Å²) in [5.41, 5.74) is 1.92. The van der Waals surface area contributed by atoms with E-state index >= 15 is 0 Å². The summed E-state index contributed by atoms with van der Waals surface area (Å²) < 4.78 is 0. The van der Waals surface area contributed by atoms with Crippen LogP contribution in [0, 0.1) is 0 Å². The fourth-order valence-electron chi connectivity index (χ4n) is 1.45. The minimum absolute atomic E-state index is 0.667. The first-order valence-electron chi connectivity index (χ1n) is 5.86. The Labute approximate surface area is 109 Å². The van der Waals surface area contributed by atoms with Crippen LogP contribution in [-0.4, -0.2) is 31.6 Å². The van der Waals surface area contributed by atoms with Gasteiger partial charge in [0.1, 0.15) is 0 Å². The van der Waals surface area contributed by atoms with Gasteiger partial charge in [-0.1, -0.05) is 0 Å². The Morgan fingerprint density at radius 3 is 2.28 bits per heavy atom. The zero-order valence-corrected chi connectivity index (χ0v) is 10.6. The van der Waals surface area contributed by atoms with Crippen molar-refractivity contribution in [1.29, 1.82) is 0 Å². The topological polar surface area (TPSA) is 49.0 Å². The average molecular weight is 242 g/mol. The van der Waals surface area contributed by atoms with Crippen molar-refractivity contribution in [3.63, 3.8) is 0 Å². The van der Waals surface area contributed by atoms with Crippen molar-refractivity contribution in [2.45, 2.75) is 0 Å².